The van der Waals surface area contributed by atoms with E-state index in [-0.39, 0.29) is 0 Å². The highest BCUT2D eigenvalue weighted by molar-refractivity contribution is 6.08. The van der Waals surface area contributed by atoms with Gasteiger partial charge >= 0.3 is 12.0 Å². The lowest BCUT2D eigenvalue weighted by Crippen LogP contribution is -2.43. The van der Waals surface area contributed by atoms with Crippen molar-refractivity contribution in [1.82, 2.24) is 10.2 Å². The highest BCUT2D eigenvalue weighted by atomic mass is 16.5. The molecule has 2 rings (SSSR count). The van der Waals surface area contributed by atoms with Crippen LogP contribution < -0.4 is 20.1 Å². The highest BCUT2D eigenvalue weighted by Gasteiger charge is 2.47. The average Bonchev–Trinajstić information content (AvgIpc) is 2.89. The van der Waals surface area contributed by atoms with Gasteiger partial charge in [-0.25, -0.2) is 4.79 Å². The normalized spacial score (nSPS) is 18.5. The van der Waals surface area contributed by atoms with Gasteiger partial charge in [0.05, 0.1) is 14.2 Å². The average molecular weight is 393 g/mol. The maximum absolute atomic E-state index is 12.2. The number of carbonyl (C=O) groups excluding carboxylic acids is 4. The van der Waals surface area contributed by atoms with Crippen molar-refractivity contribution in [2.24, 2.45) is 0 Å². The molecule has 28 heavy (non-hydrogen) atoms. The van der Waals surface area contributed by atoms with Crippen molar-refractivity contribution in [3.63, 3.8) is 0 Å². The molecule has 1 fully saturated rings. The van der Waals surface area contributed by atoms with Crippen LogP contribution in [0.1, 0.15) is 20.3 Å². The summed E-state index contributed by atoms with van der Waals surface area (Å²) in [7, 11) is 2.95. The van der Waals surface area contributed by atoms with E-state index in [9.17, 15) is 19.2 Å². The molecule has 1 saturated heterocycles. The van der Waals surface area contributed by atoms with Crippen LogP contribution in [0.2, 0.25) is 0 Å². The van der Waals surface area contributed by atoms with E-state index in [1.807, 2.05) is 0 Å². The van der Waals surface area contributed by atoms with Crippen molar-refractivity contribution in [2.45, 2.75) is 25.8 Å². The molecule has 0 aromatic heterocycles. The third kappa shape index (κ3) is 4.51. The van der Waals surface area contributed by atoms with Crippen LogP contribution in [-0.4, -0.2) is 61.6 Å². The van der Waals surface area contributed by atoms with Crippen LogP contribution in [0.15, 0.2) is 18.2 Å². The van der Waals surface area contributed by atoms with Gasteiger partial charge in [-0.1, -0.05) is 6.92 Å². The number of carbonyl (C=O) groups is 4. The third-order valence-corrected chi connectivity index (χ3v) is 4.37. The number of hydrogen-bond acceptors (Lipinski definition) is 7. The van der Waals surface area contributed by atoms with Gasteiger partial charge in [-0.05, 0) is 25.5 Å². The van der Waals surface area contributed by atoms with E-state index >= 15 is 0 Å². The van der Waals surface area contributed by atoms with Crippen molar-refractivity contribution < 1.29 is 33.4 Å². The summed E-state index contributed by atoms with van der Waals surface area (Å²) in [6.07, 6.45) is 0.386. The molecule has 0 spiro atoms. The molecular formula is C18H23N3O7. The van der Waals surface area contributed by atoms with Crippen LogP contribution in [0.25, 0.3) is 0 Å². The van der Waals surface area contributed by atoms with Gasteiger partial charge in [-0.3, -0.25) is 19.3 Å². The second-order valence-electron chi connectivity index (χ2n) is 6.29. The predicted molar refractivity (Wildman–Crippen MR) is 98.1 cm³/mol. The number of anilines is 1. The van der Waals surface area contributed by atoms with Gasteiger partial charge < -0.3 is 24.8 Å². The fourth-order valence-corrected chi connectivity index (χ4v) is 2.56. The maximum Gasteiger partial charge on any atom is 0.326 e. The van der Waals surface area contributed by atoms with Gasteiger partial charge in [-0.15, -0.1) is 0 Å². The lowest BCUT2D eigenvalue weighted by Gasteiger charge is -2.18. The van der Waals surface area contributed by atoms with Gasteiger partial charge in [0.25, 0.3) is 11.8 Å². The Bertz CT molecular complexity index is 795. The summed E-state index contributed by atoms with van der Waals surface area (Å²) in [6, 6.07) is 4.10. The minimum atomic E-state index is -1.04. The van der Waals surface area contributed by atoms with E-state index in [0.29, 0.717) is 23.6 Å². The van der Waals surface area contributed by atoms with E-state index < -0.39 is 42.5 Å². The van der Waals surface area contributed by atoms with Crippen molar-refractivity contribution in [3.05, 3.63) is 18.2 Å². The first kappa shape index (κ1) is 21.0. The molecule has 1 atom stereocenters. The predicted octanol–water partition coefficient (Wildman–Crippen LogP) is 0.906. The SMILES string of the molecule is CC[C@]1(C)NC(=O)N(CC(=O)OCC(=O)Nc2ccc(OC)c(OC)c2)C1=O. The van der Waals surface area contributed by atoms with Gasteiger partial charge in [0, 0.05) is 11.8 Å². The summed E-state index contributed by atoms with van der Waals surface area (Å²) in [6.45, 7) is 2.19. The Labute approximate surface area is 162 Å². The number of ether oxygens (including phenoxy) is 3. The summed E-state index contributed by atoms with van der Waals surface area (Å²) in [5.74, 6) is -1.04. The molecule has 10 heteroatoms. The fraction of sp³-hybridized carbons (Fsp3) is 0.444. The summed E-state index contributed by atoms with van der Waals surface area (Å²) in [4.78, 5) is 48.8. The molecule has 1 aliphatic rings. The Kier molecular flexibility index (Phi) is 6.45. The first-order valence-corrected chi connectivity index (χ1v) is 8.55. The number of esters is 1. The van der Waals surface area contributed by atoms with Crippen LogP contribution in [0, 0.1) is 0 Å². The van der Waals surface area contributed by atoms with Crippen LogP contribution in [-0.2, 0) is 19.1 Å². The molecule has 1 aromatic rings. The van der Waals surface area contributed by atoms with E-state index in [2.05, 4.69) is 10.6 Å². The second-order valence-corrected chi connectivity index (χ2v) is 6.29. The molecule has 0 bridgehead atoms. The smallest absolute Gasteiger partial charge is 0.326 e. The molecule has 0 radical (unpaired) electrons. The number of imide groups is 1. The lowest BCUT2D eigenvalue weighted by atomic mass is 9.99. The third-order valence-electron chi connectivity index (χ3n) is 4.37. The second kappa shape index (κ2) is 8.59. The zero-order valence-corrected chi connectivity index (χ0v) is 16.2. The lowest BCUT2D eigenvalue weighted by molar-refractivity contribution is -0.150. The number of rotatable bonds is 8. The first-order chi connectivity index (χ1) is 13.2. The molecule has 0 aliphatic carbocycles. The van der Waals surface area contributed by atoms with Crippen LogP contribution in [0.5, 0.6) is 11.5 Å². The number of urea groups is 1. The topological polar surface area (TPSA) is 123 Å². The summed E-state index contributed by atoms with van der Waals surface area (Å²) in [5.41, 5.74) is -0.617. The number of methoxy groups -OCH3 is 2. The van der Waals surface area contributed by atoms with Crippen LogP contribution >= 0.6 is 0 Å². The molecule has 1 heterocycles. The van der Waals surface area contributed by atoms with Crippen LogP contribution in [0.3, 0.4) is 0 Å². The largest absolute Gasteiger partial charge is 0.493 e. The molecule has 0 unspecified atom stereocenters. The molecule has 2 N–H and O–H groups in total. The van der Waals surface area contributed by atoms with E-state index in [0.717, 1.165) is 4.90 Å². The Morgan fingerprint density at radius 1 is 1.18 bits per heavy atom. The number of amides is 4. The van der Waals surface area contributed by atoms with E-state index in [1.54, 1.807) is 32.0 Å². The molecule has 1 aromatic carbocycles. The minimum absolute atomic E-state index is 0.386. The Morgan fingerprint density at radius 2 is 1.86 bits per heavy atom. The minimum Gasteiger partial charge on any atom is -0.493 e. The fourth-order valence-electron chi connectivity index (χ4n) is 2.56. The van der Waals surface area contributed by atoms with Gasteiger partial charge in [0.15, 0.2) is 18.1 Å². The molecule has 1 aliphatic heterocycles. The molecule has 10 nitrogen and oxygen atoms in total. The zero-order chi connectivity index (χ0) is 20.9. The maximum atomic E-state index is 12.2. The molecule has 152 valence electrons. The monoisotopic (exact) mass is 393 g/mol. The van der Waals surface area contributed by atoms with Crippen molar-refractivity contribution >= 4 is 29.5 Å². The summed E-state index contributed by atoms with van der Waals surface area (Å²) < 4.78 is 15.1. The highest BCUT2D eigenvalue weighted by Crippen LogP contribution is 2.29. The standard InChI is InChI=1S/C18H23N3O7/c1-5-18(2)16(24)21(17(25)20-18)9-15(23)28-10-14(22)19-11-6-7-12(26-3)13(8-11)27-4/h6-8H,5,9-10H2,1-4H3,(H,19,22)(H,20,25)/t18-/m0/s1. The Balaban J connectivity index is 1.87. The first-order valence-electron chi connectivity index (χ1n) is 8.55. The Hall–Kier alpha value is -3.30. The van der Waals surface area contributed by atoms with Crippen molar-refractivity contribution in [1.29, 1.82) is 0 Å². The summed E-state index contributed by atoms with van der Waals surface area (Å²) in [5, 5.41) is 5.08. The van der Waals surface area contributed by atoms with Gasteiger partial charge in [0.1, 0.15) is 12.1 Å². The van der Waals surface area contributed by atoms with Crippen molar-refractivity contribution in [2.75, 3.05) is 32.7 Å². The van der Waals surface area contributed by atoms with Gasteiger partial charge in [-0.2, -0.15) is 0 Å². The van der Waals surface area contributed by atoms with Crippen LogP contribution in [0.4, 0.5) is 10.5 Å². The molecule has 0 saturated carbocycles. The molecule has 4 amide bonds. The van der Waals surface area contributed by atoms with Gasteiger partial charge in [0.2, 0.25) is 0 Å². The van der Waals surface area contributed by atoms with E-state index in [1.165, 1.54) is 14.2 Å². The molecular weight excluding hydrogens is 370 g/mol. The number of hydrogen-bond donors (Lipinski definition) is 2. The Morgan fingerprint density at radius 3 is 2.43 bits per heavy atom. The number of benzene rings is 1. The van der Waals surface area contributed by atoms with E-state index in [4.69, 9.17) is 14.2 Å². The number of nitrogens with one attached hydrogen (secondary N) is 2. The zero-order valence-electron chi connectivity index (χ0n) is 16.2. The van der Waals surface area contributed by atoms with Crippen molar-refractivity contribution in [3.8, 4) is 11.5 Å². The quantitative estimate of drug-likeness (QED) is 0.497. The number of nitrogens with zero attached hydrogens (tertiary/aromatic N) is 1. The summed E-state index contributed by atoms with van der Waals surface area (Å²) >= 11 is 0.